The van der Waals surface area contributed by atoms with Gasteiger partial charge in [-0.25, -0.2) is 4.79 Å². The van der Waals surface area contributed by atoms with E-state index >= 15 is 0 Å². The van der Waals surface area contributed by atoms with E-state index in [-0.39, 0.29) is 27.2 Å². The standard InChI is InChI=1S/C15H11Cl3N2O3/c1-22-13-11(18)7-6-10(17)12(13)15(21)23-20-14(19)8-4-2-3-5-9(8)16/h2-7H,1H3,(H2,19,20). The van der Waals surface area contributed by atoms with Gasteiger partial charge in [0.1, 0.15) is 5.56 Å². The highest BCUT2D eigenvalue weighted by atomic mass is 35.5. The van der Waals surface area contributed by atoms with Crippen molar-refractivity contribution in [3.05, 3.63) is 62.6 Å². The Balaban J connectivity index is 2.29. The maximum Gasteiger partial charge on any atom is 0.371 e. The topological polar surface area (TPSA) is 73.9 Å². The summed E-state index contributed by atoms with van der Waals surface area (Å²) in [5, 5.41) is 4.29. The lowest BCUT2D eigenvalue weighted by Crippen LogP contribution is -2.16. The van der Waals surface area contributed by atoms with Crippen LogP contribution in [0.5, 0.6) is 5.75 Å². The van der Waals surface area contributed by atoms with Gasteiger partial charge in [-0.1, -0.05) is 52.1 Å². The van der Waals surface area contributed by atoms with Crippen molar-refractivity contribution in [2.45, 2.75) is 0 Å². The predicted octanol–water partition coefficient (Wildman–Crippen LogP) is 4.13. The third-order valence-electron chi connectivity index (χ3n) is 2.84. The maximum atomic E-state index is 12.2. The van der Waals surface area contributed by atoms with Gasteiger partial charge in [0, 0.05) is 5.56 Å². The minimum absolute atomic E-state index is 0.0441. The van der Waals surface area contributed by atoms with E-state index in [0.29, 0.717) is 10.6 Å². The molecule has 0 heterocycles. The zero-order valence-corrected chi connectivity index (χ0v) is 14.1. The smallest absolute Gasteiger partial charge is 0.371 e. The van der Waals surface area contributed by atoms with Gasteiger partial charge in [-0.05, 0) is 24.3 Å². The highest BCUT2D eigenvalue weighted by molar-refractivity contribution is 6.37. The Hall–Kier alpha value is -1.95. The second-order valence-corrected chi connectivity index (χ2v) is 5.49. The van der Waals surface area contributed by atoms with Crippen LogP contribution in [-0.4, -0.2) is 18.9 Å². The van der Waals surface area contributed by atoms with Crippen molar-refractivity contribution in [1.29, 1.82) is 0 Å². The number of nitrogens with zero attached hydrogens (tertiary/aromatic N) is 1. The molecule has 0 spiro atoms. The van der Waals surface area contributed by atoms with E-state index in [1.807, 2.05) is 0 Å². The van der Waals surface area contributed by atoms with Gasteiger partial charge in [0.2, 0.25) is 0 Å². The summed E-state index contributed by atoms with van der Waals surface area (Å²) in [4.78, 5) is 17.0. The van der Waals surface area contributed by atoms with Crippen molar-refractivity contribution in [3.8, 4) is 5.75 Å². The molecule has 0 aliphatic heterocycles. The molecule has 8 heteroatoms. The summed E-state index contributed by atoms with van der Waals surface area (Å²) in [5.74, 6) is -0.818. The fraction of sp³-hybridized carbons (Fsp3) is 0.0667. The fourth-order valence-corrected chi connectivity index (χ4v) is 2.47. The number of hydrogen-bond donors (Lipinski definition) is 1. The maximum absolute atomic E-state index is 12.2. The van der Waals surface area contributed by atoms with Crippen LogP contribution in [0.15, 0.2) is 41.6 Å². The molecule has 2 aromatic carbocycles. The number of hydrogen-bond acceptors (Lipinski definition) is 4. The van der Waals surface area contributed by atoms with Crippen LogP contribution < -0.4 is 10.5 Å². The van der Waals surface area contributed by atoms with Crippen molar-refractivity contribution in [3.63, 3.8) is 0 Å². The van der Waals surface area contributed by atoms with Crippen LogP contribution in [0.4, 0.5) is 0 Å². The number of carbonyl (C=O) groups excluding carboxylic acids is 1. The first-order chi connectivity index (χ1) is 11.0. The molecule has 0 aliphatic rings. The van der Waals surface area contributed by atoms with Crippen LogP contribution in [0, 0.1) is 0 Å². The van der Waals surface area contributed by atoms with Crippen LogP contribution in [0.2, 0.25) is 15.1 Å². The van der Waals surface area contributed by atoms with E-state index in [0.717, 1.165) is 0 Å². The Morgan fingerprint density at radius 2 is 1.70 bits per heavy atom. The summed E-state index contributed by atoms with van der Waals surface area (Å²) in [5.41, 5.74) is 6.15. The van der Waals surface area contributed by atoms with Gasteiger partial charge < -0.3 is 15.3 Å². The molecule has 5 nitrogen and oxygen atoms in total. The summed E-state index contributed by atoms with van der Waals surface area (Å²) in [6.45, 7) is 0. The largest absolute Gasteiger partial charge is 0.494 e. The summed E-state index contributed by atoms with van der Waals surface area (Å²) in [6.07, 6.45) is 0. The normalized spacial score (nSPS) is 11.2. The molecule has 0 atom stereocenters. The Morgan fingerprint density at radius 3 is 2.35 bits per heavy atom. The number of rotatable bonds is 4. The lowest BCUT2D eigenvalue weighted by atomic mass is 10.2. The molecule has 23 heavy (non-hydrogen) atoms. The van der Waals surface area contributed by atoms with Crippen LogP contribution in [0.25, 0.3) is 0 Å². The summed E-state index contributed by atoms with van der Waals surface area (Å²) < 4.78 is 5.07. The highest BCUT2D eigenvalue weighted by Crippen LogP contribution is 2.34. The first kappa shape index (κ1) is 17.4. The molecule has 0 saturated heterocycles. The van der Waals surface area contributed by atoms with E-state index in [4.69, 9.17) is 50.1 Å². The minimum Gasteiger partial charge on any atom is -0.494 e. The van der Waals surface area contributed by atoms with Crippen molar-refractivity contribution in [2.75, 3.05) is 7.11 Å². The second kappa shape index (κ2) is 7.55. The molecule has 0 bridgehead atoms. The van der Waals surface area contributed by atoms with E-state index < -0.39 is 5.97 Å². The zero-order valence-electron chi connectivity index (χ0n) is 11.8. The van der Waals surface area contributed by atoms with Gasteiger partial charge in [0.05, 0.1) is 22.2 Å². The molecule has 2 rings (SSSR count). The third-order valence-corrected chi connectivity index (χ3v) is 3.79. The van der Waals surface area contributed by atoms with Crippen LogP contribution in [0.3, 0.4) is 0 Å². The average molecular weight is 374 g/mol. The lowest BCUT2D eigenvalue weighted by Gasteiger charge is -2.10. The number of halogens is 3. The number of methoxy groups -OCH3 is 1. The first-order valence-electron chi connectivity index (χ1n) is 6.27. The number of ether oxygens (including phenoxy) is 1. The second-order valence-electron chi connectivity index (χ2n) is 4.27. The summed E-state index contributed by atoms with van der Waals surface area (Å²) in [7, 11) is 1.36. The first-order valence-corrected chi connectivity index (χ1v) is 7.40. The molecule has 2 aromatic rings. The predicted molar refractivity (Wildman–Crippen MR) is 90.6 cm³/mol. The lowest BCUT2D eigenvalue weighted by molar-refractivity contribution is 0.0512. The number of carbonyl (C=O) groups is 1. The highest BCUT2D eigenvalue weighted by Gasteiger charge is 2.21. The van der Waals surface area contributed by atoms with Crippen LogP contribution in [0.1, 0.15) is 15.9 Å². The SMILES string of the molecule is COc1c(Cl)ccc(Cl)c1C(=O)O/N=C(\N)c1ccccc1Cl. The van der Waals surface area contributed by atoms with Crippen molar-refractivity contribution >= 4 is 46.6 Å². The molecule has 0 unspecified atom stereocenters. The third kappa shape index (κ3) is 3.88. The molecule has 0 aliphatic carbocycles. The molecule has 120 valence electrons. The van der Waals surface area contributed by atoms with Crippen LogP contribution >= 0.6 is 34.8 Å². The number of nitrogens with two attached hydrogens (primary N) is 1. The van der Waals surface area contributed by atoms with Crippen molar-refractivity contribution in [2.24, 2.45) is 10.9 Å². The molecular formula is C15H11Cl3N2O3. The van der Waals surface area contributed by atoms with E-state index in [2.05, 4.69) is 5.16 Å². The Morgan fingerprint density at radius 1 is 1.04 bits per heavy atom. The molecule has 0 aromatic heterocycles. The Kier molecular flexibility index (Phi) is 5.71. The molecule has 0 amide bonds. The van der Waals surface area contributed by atoms with Gasteiger partial charge in [-0.3, -0.25) is 0 Å². The number of amidine groups is 1. The molecule has 0 saturated carbocycles. The number of oxime groups is 1. The average Bonchev–Trinajstić information content (AvgIpc) is 2.54. The Bertz CT molecular complexity index is 779. The van der Waals surface area contributed by atoms with Gasteiger partial charge in [0.15, 0.2) is 11.6 Å². The molecule has 0 fully saturated rings. The monoisotopic (exact) mass is 372 g/mol. The van der Waals surface area contributed by atoms with Crippen LogP contribution in [-0.2, 0) is 4.84 Å². The van der Waals surface area contributed by atoms with E-state index in [1.54, 1.807) is 24.3 Å². The van der Waals surface area contributed by atoms with Gasteiger partial charge in [-0.2, -0.15) is 0 Å². The molecule has 0 radical (unpaired) electrons. The zero-order chi connectivity index (χ0) is 17.0. The van der Waals surface area contributed by atoms with Gasteiger partial charge >= 0.3 is 5.97 Å². The van der Waals surface area contributed by atoms with Gasteiger partial charge in [0.25, 0.3) is 0 Å². The molecule has 2 N–H and O–H groups in total. The Labute approximate surface area is 147 Å². The quantitative estimate of drug-likeness (QED) is 0.378. The van der Waals surface area contributed by atoms with Crippen molar-refractivity contribution in [1.82, 2.24) is 0 Å². The number of benzene rings is 2. The molecular weight excluding hydrogens is 363 g/mol. The van der Waals surface area contributed by atoms with E-state index in [1.165, 1.54) is 19.2 Å². The minimum atomic E-state index is -0.857. The van der Waals surface area contributed by atoms with Crippen molar-refractivity contribution < 1.29 is 14.4 Å². The summed E-state index contributed by atoms with van der Waals surface area (Å²) in [6, 6.07) is 9.69. The summed E-state index contributed by atoms with van der Waals surface area (Å²) >= 11 is 17.9. The van der Waals surface area contributed by atoms with E-state index in [9.17, 15) is 4.79 Å². The fourth-order valence-electron chi connectivity index (χ4n) is 1.78. The van der Waals surface area contributed by atoms with Gasteiger partial charge in [-0.15, -0.1) is 0 Å².